The second kappa shape index (κ2) is 7.48. The van der Waals surface area contributed by atoms with Gasteiger partial charge >= 0.3 is 6.03 Å². The number of barbiturate groups is 1. The molecule has 29 heavy (non-hydrogen) atoms. The second-order valence-electron chi connectivity index (χ2n) is 6.11. The lowest BCUT2D eigenvalue weighted by molar-refractivity contribution is -0.122. The van der Waals surface area contributed by atoms with E-state index in [2.05, 4.69) is 5.32 Å². The summed E-state index contributed by atoms with van der Waals surface area (Å²) in [7, 11) is 0. The molecule has 0 aliphatic carbocycles. The summed E-state index contributed by atoms with van der Waals surface area (Å²) in [5.74, 6) is -0.222. The highest BCUT2D eigenvalue weighted by Gasteiger charge is 2.37. The molecule has 0 saturated carbocycles. The number of halogens is 1. The van der Waals surface area contributed by atoms with Crippen molar-refractivity contribution in [2.24, 2.45) is 0 Å². The van der Waals surface area contributed by atoms with Crippen molar-refractivity contribution in [1.29, 1.82) is 0 Å². The Morgan fingerprint density at radius 3 is 2.72 bits per heavy atom. The fraction of sp³-hybridized carbons (Fsp3) is 0.150. The Kier molecular flexibility index (Phi) is 4.85. The largest absolute Gasteiger partial charge is 0.493 e. The molecule has 2 aliphatic heterocycles. The lowest BCUT2D eigenvalue weighted by Crippen LogP contribution is -2.54. The van der Waals surface area contributed by atoms with E-state index in [1.54, 1.807) is 24.3 Å². The number of urea groups is 1. The fourth-order valence-electron chi connectivity index (χ4n) is 2.99. The predicted molar refractivity (Wildman–Crippen MR) is 104 cm³/mol. The molecule has 0 spiro atoms. The maximum absolute atomic E-state index is 13.0. The summed E-state index contributed by atoms with van der Waals surface area (Å²) in [6, 6.07) is 8.61. The van der Waals surface area contributed by atoms with Crippen LogP contribution in [-0.2, 0) is 9.59 Å². The molecule has 2 aliphatic rings. The molecule has 2 aromatic rings. The lowest BCUT2D eigenvalue weighted by Gasteiger charge is -2.26. The standard InChI is InChI=1S/C20H15ClN2O6/c1-2-27-15-5-3-12(21)7-11(15)8-14-18(24)22-20(26)23(19(14)25)13-4-6-16-17(9-13)29-10-28-16/h3-9H,2,10H2,1H3,(H,22,24,26)/b14-8+. The minimum atomic E-state index is -0.854. The highest BCUT2D eigenvalue weighted by Crippen LogP contribution is 2.36. The van der Waals surface area contributed by atoms with Gasteiger partial charge < -0.3 is 14.2 Å². The van der Waals surface area contributed by atoms with E-state index in [1.165, 1.54) is 18.2 Å². The van der Waals surface area contributed by atoms with Crippen LogP contribution in [0.4, 0.5) is 10.5 Å². The van der Waals surface area contributed by atoms with Gasteiger partial charge in [-0.05, 0) is 43.3 Å². The SMILES string of the molecule is CCOc1ccc(Cl)cc1/C=C1\C(=O)NC(=O)N(c2ccc3c(c2)OCO3)C1=O. The summed E-state index contributed by atoms with van der Waals surface area (Å²) in [6.45, 7) is 2.25. The second-order valence-corrected chi connectivity index (χ2v) is 6.55. The van der Waals surface area contributed by atoms with Crippen molar-refractivity contribution in [3.05, 3.63) is 52.6 Å². The molecule has 0 radical (unpaired) electrons. The molecule has 4 amide bonds. The quantitative estimate of drug-likeness (QED) is 0.610. The number of hydrogen-bond acceptors (Lipinski definition) is 6. The summed E-state index contributed by atoms with van der Waals surface area (Å²) in [5, 5.41) is 2.59. The third-order valence-corrected chi connectivity index (χ3v) is 4.52. The van der Waals surface area contributed by atoms with Crippen molar-refractivity contribution in [3.63, 3.8) is 0 Å². The molecule has 2 aromatic carbocycles. The topological polar surface area (TPSA) is 94.2 Å². The van der Waals surface area contributed by atoms with Crippen LogP contribution in [-0.4, -0.2) is 31.2 Å². The van der Waals surface area contributed by atoms with Gasteiger partial charge in [-0.1, -0.05) is 11.6 Å². The first-order valence-electron chi connectivity index (χ1n) is 8.71. The van der Waals surface area contributed by atoms with Gasteiger partial charge in [0.05, 0.1) is 12.3 Å². The first kappa shape index (κ1) is 18.8. The van der Waals surface area contributed by atoms with E-state index >= 15 is 0 Å². The minimum Gasteiger partial charge on any atom is -0.493 e. The number of carbonyl (C=O) groups is 3. The molecule has 0 aromatic heterocycles. The number of ether oxygens (including phenoxy) is 3. The van der Waals surface area contributed by atoms with Crippen LogP contribution in [0.2, 0.25) is 5.02 Å². The Morgan fingerprint density at radius 2 is 1.93 bits per heavy atom. The minimum absolute atomic E-state index is 0.0531. The Morgan fingerprint density at radius 1 is 1.14 bits per heavy atom. The van der Waals surface area contributed by atoms with Crippen molar-refractivity contribution in [1.82, 2.24) is 5.32 Å². The maximum atomic E-state index is 13.0. The van der Waals surface area contributed by atoms with Gasteiger partial charge in [0.1, 0.15) is 11.3 Å². The van der Waals surface area contributed by atoms with Gasteiger partial charge in [0.2, 0.25) is 6.79 Å². The van der Waals surface area contributed by atoms with Crippen molar-refractivity contribution in [2.75, 3.05) is 18.3 Å². The molecule has 0 bridgehead atoms. The van der Waals surface area contributed by atoms with Crippen molar-refractivity contribution in [2.45, 2.75) is 6.92 Å². The van der Waals surface area contributed by atoms with E-state index < -0.39 is 17.8 Å². The van der Waals surface area contributed by atoms with Crippen LogP contribution < -0.4 is 24.4 Å². The zero-order valence-electron chi connectivity index (χ0n) is 15.2. The van der Waals surface area contributed by atoms with Gasteiger partial charge in [-0.15, -0.1) is 0 Å². The van der Waals surface area contributed by atoms with Gasteiger partial charge in [-0.3, -0.25) is 14.9 Å². The van der Waals surface area contributed by atoms with Crippen molar-refractivity contribution < 1.29 is 28.6 Å². The number of rotatable bonds is 4. The summed E-state index contributed by atoms with van der Waals surface area (Å²) in [4.78, 5) is 38.6. The number of anilines is 1. The third-order valence-electron chi connectivity index (χ3n) is 4.29. The number of nitrogens with one attached hydrogen (secondary N) is 1. The van der Waals surface area contributed by atoms with E-state index in [-0.39, 0.29) is 18.1 Å². The van der Waals surface area contributed by atoms with Crippen molar-refractivity contribution >= 4 is 41.2 Å². The molecule has 148 valence electrons. The molecule has 0 atom stereocenters. The van der Waals surface area contributed by atoms with Gasteiger partial charge in [0.25, 0.3) is 11.8 Å². The molecule has 0 unspecified atom stereocenters. The van der Waals surface area contributed by atoms with Gasteiger partial charge in [-0.25, -0.2) is 9.69 Å². The predicted octanol–water partition coefficient (Wildman–Crippen LogP) is 3.13. The number of nitrogens with zero attached hydrogens (tertiary/aromatic N) is 1. The number of hydrogen-bond donors (Lipinski definition) is 1. The lowest BCUT2D eigenvalue weighted by atomic mass is 10.1. The van der Waals surface area contributed by atoms with E-state index in [1.807, 2.05) is 6.92 Å². The molecule has 8 nitrogen and oxygen atoms in total. The Hall–Kier alpha value is -3.52. The summed E-state index contributed by atoms with van der Waals surface area (Å²) < 4.78 is 16.1. The van der Waals surface area contributed by atoms with E-state index in [4.69, 9.17) is 25.8 Å². The third kappa shape index (κ3) is 3.50. The van der Waals surface area contributed by atoms with Crippen LogP contribution in [0.25, 0.3) is 6.08 Å². The number of benzene rings is 2. The maximum Gasteiger partial charge on any atom is 0.335 e. The molecule has 1 fully saturated rings. The number of fused-ring (bicyclic) bond motifs is 1. The number of amides is 4. The van der Waals surface area contributed by atoms with Crippen LogP contribution in [0.1, 0.15) is 12.5 Å². The van der Waals surface area contributed by atoms with Crippen LogP contribution in [0, 0.1) is 0 Å². The first-order chi connectivity index (χ1) is 14.0. The zero-order valence-corrected chi connectivity index (χ0v) is 16.0. The summed E-state index contributed by atoms with van der Waals surface area (Å²) in [5.41, 5.74) is 0.453. The number of imide groups is 2. The van der Waals surface area contributed by atoms with E-state index in [0.29, 0.717) is 34.4 Å². The van der Waals surface area contributed by atoms with Gasteiger partial charge in [-0.2, -0.15) is 0 Å². The Bertz CT molecular complexity index is 1060. The molecule has 1 N–H and O–H groups in total. The van der Waals surface area contributed by atoms with E-state index in [9.17, 15) is 14.4 Å². The van der Waals surface area contributed by atoms with E-state index in [0.717, 1.165) is 4.90 Å². The molecular weight excluding hydrogens is 400 g/mol. The fourth-order valence-corrected chi connectivity index (χ4v) is 3.17. The monoisotopic (exact) mass is 414 g/mol. The van der Waals surface area contributed by atoms with Crippen LogP contribution in [0.5, 0.6) is 17.2 Å². The average molecular weight is 415 g/mol. The highest BCUT2D eigenvalue weighted by atomic mass is 35.5. The zero-order chi connectivity index (χ0) is 20.5. The van der Waals surface area contributed by atoms with Crippen molar-refractivity contribution in [3.8, 4) is 17.2 Å². The van der Waals surface area contributed by atoms with Crippen LogP contribution in [0.3, 0.4) is 0 Å². The summed E-state index contributed by atoms with van der Waals surface area (Å²) in [6.07, 6.45) is 1.35. The highest BCUT2D eigenvalue weighted by molar-refractivity contribution is 6.39. The summed E-state index contributed by atoms with van der Waals surface area (Å²) >= 11 is 6.05. The van der Waals surface area contributed by atoms with Crippen LogP contribution in [0.15, 0.2) is 42.0 Å². The smallest absolute Gasteiger partial charge is 0.335 e. The van der Waals surface area contributed by atoms with Gasteiger partial charge in [0.15, 0.2) is 11.5 Å². The van der Waals surface area contributed by atoms with Gasteiger partial charge in [0, 0.05) is 16.7 Å². The Balaban J connectivity index is 1.74. The molecule has 4 rings (SSSR count). The first-order valence-corrected chi connectivity index (χ1v) is 9.09. The average Bonchev–Trinajstić information content (AvgIpc) is 3.15. The van der Waals surface area contributed by atoms with Crippen LogP contribution >= 0.6 is 11.6 Å². The molecule has 9 heteroatoms. The molecular formula is C20H15ClN2O6. The normalized spacial score (nSPS) is 17.0. The molecule has 2 heterocycles. The number of carbonyl (C=O) groups excluding carboxylic acids is 3. The Labute approximate surface area is 170 Å². The molecule has 1 saturated heterocycles.